The van der Waals surface area contributed by atoms with Crippen LogP contribution < -0.4 is 4.72 Å². The second kappa shape index (κ2) is 8.52. The summed E-state index contributed by atoms with van der Waals surface area (Å²) in [6, 6.07) is 10.5. The fourth-order valence-electron chi connectivity index (χ4n) is 3.11. The van der Waals surface area contributed by atoms with Crippen molar-refractivity contribution in [1.82, 2.24) is 14.3 Å². The number of carbonyl (C=O) groups excluding carboxylic acids is 1. The Morgan fingerprint density at radius 3 is 2.52 bits per heavy atom. The first-order valence-corrected chi connectivity index (χ1v) is 11.1. The van der Waals surface area contributed by atoms with Crippen molar-refractivity contribution in [3.8, 4) is 0 Å². The molecule has 0 radical (unpaired) electrons. The largest absolute Gasteiger partial charge is 0.462 e. The van der Waals surface area contributed by atoms with Crippen molar-refractivity contribution in [1.29, 1.82) is 0 Å². The van der Waals surface area contributed by atoms with Gasteiger partial charge in [0.2, 0.25) is 10.0 Å². The molecule has 0 fully saturated rings. The first-order valence-electron chi connectivity index (χ1n) is 9.22. The molecule has 1 atom stereocenters. The van der Waals surface area contributed by atoms with E-state index in [4.69, 9.17) is 16.3 Å². The van der Waals surface area contributed by atoms with Gasteiger partial charge in [-0.25, -0.2) is 22.9 Å². The van der Waals surface area contributed by atoms with Crippen LogP contribution in [0, 0.1) is 0 Å². The smallest absolute Gasteiger partial charge is 0.338 e. The Morgan fingerprint density at radius 1 is 1.21 bits per heavy atom. The molecular weight excluding hydrogens is 414 g/mol. The first kappa shape index (κ1) is 21.3. The van der Waals surface area contributed by atoms with Gasteiger partial charge in [0.25, 0.3) is 0 Å². The van der Waals surface area contributed by atoms with Crippen molar-refractivity contribution in [2.75, 3.05) is 6.61 Å². The van der Waals surface area contributed by atoms with Gasteiger partial charge in [0.15, 0.2) is 0 Å². The number of nitrogens with one attached hydrogen (secondary N) is 1. The van der Waals surface area contributed by atoms with Crippen LogP contribution in [0.3, 0.4) is 0 Å². The SMILES string of the molecule is CCOC(=O)c1ccc2nc([C@@H](C)NS(=O)(=O)c3ccc(Cl)cc3)n(CC)c2c1. The highest BCUT2D eigenvalue weighted by Crippen LogP contribution is 2.24. The van der Waals surface area contributed by atoms with Crippen molar-refractivity contribution < 1.29 is 17.9 Å². The van der Waals surface area contributed by atoms with E-state index in [-0.39, 0.29) is 4.90 Å². The molecule has 3 aromatic rings. The summed E-state index contributed by atoms with van der Waals surface area (Å²) in [5.74, 6) is 0.150. The van der Waals surface area contributed by atoms with Crippen LogP contribution in [0.2, 0.25) is 5.02 Å². The third-order valence-electron chi connectivity index (χ3n) is 4.45. The minimum absolute atomic E-state index is 0.123. The molecule has 0 amide bonds. The van der Waals surface area contributed by atoms with Crippen LogP contribution in [0.4, 0.5) is 0 Å². The van der Waals surface area contributed by atoms with Gasteiger partial charge in [0, 0.05) is 11.6 Å². The molecule has 2 aromatic carbocycles. The number of imidazole rings is 1. The Morgan fingerprint density at radius 2 is 1.90 bits per heavy atom. The zero-order chi connectivity index (χ0) is 21.2. The summed E-state index contributed by atoms with van der Waals surface area (Å²) < 4.78 is 35.0. The molecule has 3 rings (SSSR count). The minimum Gasteiger partial charge on any atom is -0.462 e. The zero-order valence-electron chi connectivity index (χ0n) is 16.3. The van der Waals surface area contributed by atoms with Crippen molar-refractivity contribution in [3.63, 3.8) is 0 Å². The number of hydrogen-bond donors (Lipinski definition) is 1. The third kappa shape index (κ3) is 4.44. The van der Waals surface area contributed by atoms with E-state index in [9.17, 15) is 13.2 Å². The predicted octanol–water partition coefficient (Wildman–Crippen LogP) is 3.93. The van der Waals surface area contributed by atoms with Crippen LogP contribution in [0.1, 0.15) is 43.0 Å². The number of fused-ring (bicyclic) bond motifs is 1. The summed E-state index contributed by atoms with van der Waals surface area (Å²) >= 11 is 5.84. The first-order chi connectivity index (χ1) is 13.8. The molecule has 1 aromatic heterocycles. The topological polar surface area (TPSA) is 90.3 Å². The molecule has 9 heteroatoms. The number of aryl methyl sites for hydroxylation is 1. The number of nitrogens with zero attached hydrogens (tertiary/aromatic N) is 2. The van der Waals surface area contributed by atoms with Crippen LogP contribution in [-0.2, 0) is 21.3 Å². The lowest BCUT2D eigenvalue weighted by Gasteiger charge is -2.15. The van der Waals surface area contributed by atoms with Crippen LogP contribution >= 0.6 is 11.6 Å². The van der Waals surface area contributed by atoms with E-state index in [1.165, 1.54) is 24.3 Å². The lowest BCUT2D eigenvalue weighted by atomic mass is 10.2. The van der Waals surface area contributed by atoms with Crippen molar-refractivity contribution in [2.45, 2.75) is 38.3 Å². The zero-order valence-corrected chi connectivity index (χ0v) is 17.9. The molecule has 0 saturated heterocycles. The minimum atomic E-state index is -3.75. The number of benzene rings is 2. The number of halogens is 1. The maximum atomic E-state index is 12.7. The average Bonchev–Trinajstić information content (AvgIpc) is 3.06. The fraction of sp³-hybridized carbons (Fsp3) is 0.300. The Bertz CT molecular complexity index is 1140. The summed E-state index contributed by atoms with van der Waals surface area (Å²) in [5.41, 5.74) is 1.84. The molecule has 7 nitrogen and oxygen atoms in total. The molecule has 0 unspecified atom stereocenters. The van der Waals surface area contributed by atoms with E-state index in [1.54, 1.807) is 32.0 Å². The third-order valence-corrected chi connectivity index (χ3v) is 6.26. The van der Waals surface area contributed by atoms with Gasteiger partial charge in [0.05, 0.1) is 34.1 Å². The molecule has 0 aliphatic carbocycles. The van der Waals surface area contributed by atoms with Gasteiger partial charge < -0.3 is 9.30 Å². The Balaban J connectivity index is 1.95. The number of esters is 1. The summed E-state index contributed by atoms with van der Waals surface area (Å²) in [5, 5.41) is 0.460. The number of rotatable bonds is 7. The van der Waals surface area contributed by atoms with Gasteiger partial charge in [-0.3, -0.25) is 0 Å². The second-order valence-corrected chi connectivity index (χ2v) is 8.59. The van der Waals surface area contributed by atoms with Crippen LogP contribution in [0.25, 0.3) is 11.0 Å². The number of aromatic nitrogens is 2. The van der Waals surface area contributed by atoms with E-state index in [1.807, 2.05) is 11.5 Å². The summed E-state index contributed by atoms with van der Waals surface area (Å²) in [6.07, 6.45) is 0. The number of carbonyl (C=O) groups is 1. The van der Waals surface area contributed by atoms with Crippen molar-refractivity contribution in [2.24, 2.45) is 0 Å². The number of hydrogen-bond acceptors (Lipinski definition) is 5. The van der Waals surface area contributed by atoms with Gasteiger partial charge in [0.1, 0.15) is 5.82 Å². The standard InChI is InChI=1S/C20H22ClN3O4S/c1-4-24-18-12-14(20(25)28-5-2)6-11-17(18)22-19(24)13(3)23-29(26,27)16-9-7-15(21)8-10-16/h6-13,23H,4-5H2,1-3H3/t13-/m1/s1. The highest BCUT2D eigenvalue weighted by Gasteiger charge is 2.23. The highest BCUT2D eigenvalue weighted by atomic mass is 35.5. The van der Waals surface area contributed by atoms with Gasteiger partial charge in [-0.15, -0.1) is 0 Å². The molecule has 0 spiro atoms. The second-order valence-electron chi connectivity index (χ2n) is 6.44. The van der Waals surface area contributed by atoms with E-state index in [0.717, 1.165) is 5.52 Å². The maximum absolute atomic E-state index is 12.7. The molecule has 1 N–H and O–H groups in total. The van der Waals surface area contributed by atoms with Gasteiger partial charge in [-0.1, -0.05) is 11.6 Å². The highest BCUT2D eigenvalue weighted by molar-refractivity contribution is 7.89. The Hall–Kier alpha value is -2.42. The fourth-order valence-corrected chi connectivity index (χ4v) is 4.44. The monoisotopic (exact) mass is 435 g/mol. The number of sulfonamides is 1. The molecule has 0 bridgehead atoms. The van der Waals surface area contributed by atoms with Gasteiger partial charge in [-0.2, -0.15) is 0 Å². The molecule has 0 saturated carbocycles. The van der Waals surface area contributed by atoms with E-state index >= 15 is 0 Å². The maximum Gasteiger partial charge on any atom is 0.338 e. The van der Waals surface area contributed by atoms with Crippen LogP contribution in [0.5, 0.6) is 0 Å². The van der Waals surface area contributed by atoms with E-state index < -0.39 is 22.0 Å². The number of ether oxygens (including phenoxy) is 1. The normalized spacial score (nSPS) is 12.8. The van der Waals surface area contributed by atoms with Crippen molar-refractivity contribution >= 4 is 38.6 Å². The van der Waals surface area contributed by atoms with E-state index in [0.29, 0.717) is 35.1 Å². The summed E-state index contributed by atoms with van der Waals surface area (Å²) in [7, 11) is -3.75. The van der Waals surface area contributed by atoms with Gasteiger partial charge in [-0.05, 0) is 63.2 Å². The molecule has 29 heavy (non-hydrogen) atoms. The molecular formula is C20H22ClN3O4S. The predicted molar refractivity (Wildman–Crippen MR) is 112 cm³/mol. The molecule has 0 aliphatic heterocycles. The molecule has 154 valence electrons. The Labute approximate surface area is 174 Å². The van der Waals surface area contributed by atoms with Crippen LogP contribution in [-0.4, -0.2) is 30.5 Å². The lowest BCUT2D eigenvalue weighted by molar-refractivity contribution is 0.0526. The van der Waals surface area contributed by atoms with Gasteiger partial charge >= 0.3 is 5.97 Å². The summed E-state index contributed by atoms with van der Waals surface area (Å²) in [4.78, 5) is 16.8. The lowest BCUT2D eigenvalue weighted by Crippen LogP contribution is -2.28. The molecule has 1 heterocycles. The van der Waals surface area contributed by atoms with E-state index in [2.05, 4.69) is 9.71 Å². The van der Waals surface area contributed by atoms with Crippen molar-refractivity contribution in [3.05, 3.63) is 58.9 Å². The summed E-state index contributed by atoms with van der Waals surface area (Å²) in [6.45, 7) is 6.26. The Kier molecular flexibility index (Phi) is 6.26. The average molecular weight is 436 g/mol. The quantitative estimate of drug-likeness (QED) is 0.568. The van der Waals surface area contributed by atoms with Crippen LogP contribution in [0.15, 0.2) is 47.4 Å². The molecule has 0 aliphatic rings.